The first-order valence-electron chi connectivity index (χ1n) is 6.97. The second-order valence-electron chi connectivity index (χ2n) is 5.73. The fourth-order valence-corrected chi connectivity index (χ4v) is 2.56. The van der Waals surface area contributed by atoms with E-state index in [1.54, 1.807) is 0 Å². The van der Waals surface area contributed by atoms with Gasteiger partial charge in [0.1, 0.15) is 0 Å². The molecule has 0 spiro atoms. The van der Waals surface area contributed by atoms with Gasteiger partial charge in [-0.3, -0.25) is 9.59 Å². The van der Waals surface area contributed by atoms with E-state index in [0.717, 1.165) is 12.8 Å². The molecular weight excluding hydrogens is 228 g/mol. The summed E-state index contributed by atoms with van der Waals surface area (Å²) < 4.78 is 5.63. The van der Waals surface area contributed by atoms with Crippen LogP contribution in [0.5, 0.6) is 0 Å². The predicted molar refractivity (Wildman–Crippen MR) is 70.7 cm³/mol. The summed E-state index contributed by atoms with van der Waals surface area (Å²) in [7, 11) is 0. The number of unbranched alkanes of at least 4 members (excludes halogenated alkanes) is 5. The zero-order chi connectivity index (χ0) is 13.6. The van der Waals surface area contributed by atoms with E-state index in [1.807, 2.05) is 26.4 Å². The highest BCUT2D eigenvalue weighted by atomic mass is 16.5. The van der Waals surface area contributed by atoms with Gasteiger partial charge in [-0.05, 0) is 6.42 Å². The maximum Gasteiger partial charge on any atom is 0.234 e. The molecule has 0 aromatic rings. The van der Waals surface area contributed by atoms with Crippen LogP contribution in [0.15, 0.2) is 0 Å². The molecule has 1 aliphatic rings. The van der Waals surface area contributed by atoms with E-state index in [-0.39, 0.29) is 0 Å². The van der Waals surface area contributed by atoms with Gasteiger partial charge >= 0.3 is 0 Å². The van der Waals surface area contributed by atoms with E-state index in [1.165, 1.54) is 25.7 Å². The molecule has 2 radical (unpaired) electrons. The van der Waals surface area contributed by atoms with Crippen LogP contribution in [0.2, 0.25) is 0 Å². The Morgan fingerprint density at radius 2 is 1.67 bits per heavy atom. The lowest BCUT2D eigenvalue weighted by Gasteiger charge is -2.13. The first kappa shape index (κ1) is 15.4. The van der Waals surface area contributed by atoms with Crippen LogP contribution in [0.25, 0.3) is 0 Å². The van der Waals surface area contributed by atoms with Gasteiger partial charge in [-0.25, -0.2) is 0 Å². The van der Waals surface area contributed by atoms with Gasteiger partial charge in [-0.1, -0.05) is 52.9 Å². The third kappa shape index (κ3) is 2.82. The van der Waals surface area contributed by atoms with Gasteiger partial charge in [-0.15, -0.1) is 0 Å². The smallest absolute Gasteiger partial charge is 0.234 e. The van der Waals surface area contributed by atoms with Crippen molar-refractivity contribution < 1.29 is 14.3 Å². The van der Waals surface area contributed by atoms with Gasteiger partial charge in [0.05, 0.1) is 5.92 Å². The Bertz CT molecular complexity index is 285. The summed E-state index contributed by atoms with van der Waals surface area (Å²) in [4.78, 5) is 21.8. The molecule has 0 heterocycles. The Balaban J connectivity index is 2.22. The topological polar surface area (TPSA) is 43.4 Å². The van der Waals surface area contributed by atoms with E-state index < -0.39 is 16.9 Å². The Hall–Kier alpha value is -0.700. The second kappa shape index (κ2) is 6.46. The number of ether oxygens (including phenoxy) is 1. The van der Waals surface area contributed by atoms with Crippen LogP contribution in [-0.4, -0.2) is 24.8 Å². The monoisotopic (exact) mass is 252 g/mol. The SMILES string of the molecule is CCCCCCCCOC1([C]=O)C([C]=O)C1(C)C. The maximum absolute atomic E-state index is 11.1. The minimum absolute atomic E-state index is 0.446. The van der Waals surface area contributed by atoms with Crippen molar-refractivity contribution in [3.63, 3.8) is 0 Å². The van der Waals surface area contributed by atoms with Crippen molar-refractivity contribution in [1.82, 2.24) is 0 Å². The minimum Gasteiger partial charge on any atom is -0.365 e. The molecule has 1 fully saturated rings. The molecule has 0 saturated heterocycles. The molecule has 18 heavy (non-hydrogen) atoms. The van der Waals surface area contributed by atoms with E-state index in [4.69, 9.17) is 4.74 Å². The molecule has 0 amide bonds. The normalized spacial score (nSPS) is 28.9. The molecule has 0 aromatic carbocycles. The van der Waals surface area contributed by atoms with E-state index >= 15 is 0 Å². The molecule has 3 nitrogen and oxygen atoms in total. The molecule has 0 aliphatic heterocycles. The van der Waals surface area contributed by atoms with Crippen molar-refractivity contribution in [3.05, 3.63) is 0 Å². The first-order valence-corrected chi connectivity index (χ1v) is 6.97. The Labute approximate surface area is 110 Å². The van der Waals surface area contributed by atoms with E-state index in [9.17, 15) is 9.59 Å². The predicted octanol–water partition coefficient (Wildman–Crippen LogP) is 2.98. The zero-order valence-corrected chi connectivity index (χ0v) is 11.8. The Morgan fingerprint density at radius 3 is 2.17 bits per heavy atom. The molecule has 2 atom stereocenters. The molecule has 102 valence electrons. The summed E-state index contributed by atoms with van der Waals surface area (Å²) in [5.74, 6) is -0.456. The van der Waals surface area contributed by atoms with Crippen molar-refractivity contribution in [2.45, 2.75) is 64.9 Å². The quantitative estimate of drug-likeness (QED) is 0.561. The van der Waals surface area contributed by atoms with Crippen molar-refractivity contribution in [3.8, 4) is 0 Å². The van der Waals surface area contributed by atoms with Gasteiger partial charge in [-0.2, -0.15) is 0 Å². The third-order valence-electron chi connectivity index (χ3n) is 4.10. The van der Waals surface area contributed by atoms with Crippen molar-refractivity contribution in [1.29, 1.82) is 0 Å². The summed E-state index contributed by atoms with van der Waals surface area (Å²) in [6.07, 6.45) is 10.9. The highest BCUT2D eigenvalue weighted by Gasteiger charge is 2.74. The lowest BCUT2D eigenvalue weighted by Crippen LogP contribution is -2.24. The fraction of sp³-hybridized carbons (Fsp3) is 0.867. The summed E-state index contributed by atoms with van der Waals surface area (Å²) >= 11 is 0. The number of hydrogen-bond acceptors (Lipinski definition) is 3. The van der Waals surface area contributed by atoms with Crippen LogP contribution in [-0.2, 0) is 14.3 Å². The standard InChI is InChI=1S/C15H24O3/c1-4-5-6-7-8-9-10-18-15(12-17)13(11-16)14(15,2)3/h13H,4-10H2,1-3H3. The molecule has 0 bridgehead atoms. The van der Waals surface area contributed by atoms with Crippen molar-refractivity contribution in [2.75, 3.05) is 6.61 Å². The molecule has 3 heteroatoms. The highest BCUT2D eigenvalue weighted by Crippen LogP contribution is 2.61. The maximum atomic E-state index is 11.1. The van der Waals surface area contributed by atoms with Crippen molar-refractivity contribution in [2.24, 2.45) is 11.3 Å². The highest BCUT2D eigenvalue weighted by molar-refractivity contribution is 5.83. The summed E-state index contributed by atoms with van der Waals surface area (Å²) in [5, 5.41) is 0. The van der Waals surface area contributed by atoms with Crippen LogP contribution >= 0.6 is 0 Å². The number of rotatable bonds is 10. The van der Waals surface area contributed by atoms with Gasteiger partial charge in [0.2, 0.25) is 12.6 Å². The third-order valence-corrected chi connectivity index (χ3v) is 4.10. The largest absolute Gasteiger partial charge is 0.365 e. The minimum atomic E-state index is -1.03. The molecule has 0 N–H and O–H groups in total. The summed E-state index contributed by atoms with van der Waals surface area (Å²) in [6, 6.07) is 0. The van der Waals surface area contributed by atoms with Crippen LogP contribution in [0.3, 0.4) is 0 Å². The lowest BCUT2D eigenvalue weighted by molar-refractivity contribution is 0.0480. The van der Waals surface area contributed by atoms with Crippen molar-refractivity contribution >= 4 is 12.6 Å². The van der Waals surface area contributed by atoms with E-state index in [0.29, 0.717) is 6.61 Å². The van der Waals surface area contributed by atoms with Crippen LogP contribution < -0.4 is 0 Å². The molecule has 0 aromatic heterocycles. The van der Waals surface area contributed by atoms with Crippen LogP contribution in [0.4, 0.5) is 0 Å². The average Bonchev–Trinajstić information content (AvgIpc) is 2.83. The Morgan fingerprint density at radius 1 is 1.06 bits per heavy atom. The fourth-order valence-electron chi connectivity index (χ4n) is 2.56. The molecule has 1 saturated carbocycles. The first-order chi connectivity index (χ1) is 8.56. The molecule has 2 unspecified atom stereocenters. The number of carbonyl (C=O) groups excluding carboxylic acids is 2. The van der Waals surface area contributed by atoms with Gasteiger partial charge < -0.3 is 4.74 Å². The van der Waals surface area contributed by atoms with Gasteiger partial charge in [0.15, 0.2) is 5.60 Å². The second-order valence-corrected chi connectivity index (χ2v) is 5.73. The molecule has 1 aliphatic carbocycles. The zero-order valence-electron chi connectivity index (χ0n) is 11.8. The van der Waals surface area contributed by atoms with Crippen LogP contribution in [0, 0.1) is 11.3 Å². The number of hydrogen-bond donors (Lipinski definition) is 0. The molecule has 1 rings (SSSR count). The van der Waals surface area contributed by atoms with Gasteiger partial charge in [0, 0.05) is 12.0 Å². The lowest BCUT2D eigenvalue weighted by atomic mass is 10.1. The Kier molecular flexibility index (Phi) is 5.51. The van der Waals surface area contributed by atoms with E-state index in [2.05, 4.69) is 6.92 Å². The average molecular weight is 252 g/mol. The van der Waals surface area contributed by atoms with Crippen LogP contribution in [0.1, 0.15) is 59.3 Å². The molecular formula is C15H24O3. The summed E-state index contributed by atoms with van der Waals surface area (Å²) in [5.41, 5.74) is -1.48. The summed E-state index contributed by atoms with van der Waals surface area (Å²) in [6.45, 7) is 6.43. The van der Waals surface area contributed by atoms with Gasteiger partial charge in [0.25, 0.3) is 0 Å².